The van der Waals surface area contributed by atoms with Crippen molar-refractivity contribution in [3.63, 3.8) is 0 Å². The summed E-state index contributed by atoms with van der Waals surface area (Å²) in [5.74, 6) is 0. The molecule has 2 nitrogen and oxygen atoms in total. The molecule has 0 aliphatic heterocycles. The lowest BCUT2D eigenvalue weighted by molar-refractivity contribution is 0.510. The molecule has 0 saturated carbocycles. The molecule has 4 heteroatoms. The minimum atomic E-state index is -0.284. The van der Waals surface area contributed by atoms with Crippen LogP contribution in [0.15, 0.2) is 34.9 Å². The Balaban J connectivity index is 2.01. The first-order valence-electron chi connectivity index (χ1n) is 6.10. The summed E-state index contributed by atoms with van der Waals surface area (Å²) in [5.41, 5.74) is 2.20. The van der Waals surface area contributed by atoms with Gasteiger partial charge in [-0.1, -0.05) is 12.1 Å². The van der Waals surface area contributed by atoms with Gasteiger partial charge in [0, 0.05) is 11.4 Å². The van der Waals surface area contributed by atoms with E-state index in [1.165, 1.54) is 5.56 Å². The maximum atomic E-state index is 5.77. The molecule has 2 rings (SSSR count). The number of hydrogen-bond acceptors (Lipinski definition) is 2. The van der Waals surface area contributed by atoms with Crippen molar-refractivity contribution in [1.82, 2.24) is 5.32 Å². The maximum absolute atomic E-state index is 5.77. The monoisotopic (exact) mass is 285 g/mol. The largest absolute Gasteiger partial charge is 0.464 e. The van der Waals surface area contributed by atoms with Gasteiger partial charge in [-0.3, -0.25) is 0 Å². The molecule has 0 spiro atoms. The zero-order chi connectivity index (χ0) is 13.0. The van der Waals surface area contributed by atoms with Crippen LogP contribution in [0.25, 0.3) is 11.0 Å². The third kappa shape index (κ3) is 3.64. The summed E-state index contributed by atoms with van der Waals surface area (Å²) in [7, 11) is 1.97. The Hall–Kier alpha value is -0.700. The summed E-state index contributed by atoms with van der Waals surface area (Å²) in [5, 5.41) is 4.44. The van der Waals surface area contributed by atoms with Gasteiger partial charge >= 0.3 is 0 Å². The fourth-order valence-corrected chi connectivity index (χ4v) is 2.34. The Morgan fingerprint density at radius 1 is 1.22 bits per heavy atom. The van der Waals surface area contributed by atoms with E-state index in [2.05, 4.69) is 23.5 Å². The molecule has 98 valence electrons. The van der Waals surface area contributed by atoms with Crippen molar-refractivity contribution in [3.05, 3.63) is 36.1 Å². The lowest BCUT2D eigenvalue weighted by Crippen LogP contribution is -2.28. The minimum Gasteiger partial charge on any atom is -0.464 e. The first kappa shape index (κ1) is 13.7. The van der Waals surface area contributed by atoms with Crippen molar-refractivity contribution in [2.75, 3.05) is 7.05 Å². The van der Waals surface area contributed by atoms with Crippen molar-refractivity contribution in [2.24, 2.45) is 0 Å². The summed E-state index contributed by atoms with van der Waals surface area (Å²) in [6, 6.07) is 8.68. The summed E-state index contributed by atoms with van der Waals surface area (Å²) in [4.78, 5) is -0.284. The second kappa shape index (κ2) is 6.46. The van der Waals surface area contributed by atoms with Gasteiger partial charge in [-0.05, 0) is 44.0 Å². The molecule has 1 N–H and O–H groups in total. The molecule has 18 heavy (non-hydrogen) atoms. The number of rotatable bonds is 6. The van der Waals surface area contributed by atoms with Crippen LogP contribution in [-0.2, 0) is 6.42 Å². The topological polar surface area (TPSA) is 25.2 Å². The van der Waals surface area contributed by atoms with E-state index in [0.29, 0.717) is 6.04 Å². The van der Waals surface area contributed by atoms with Crippen molar-refractivity contribution in [3.8, 4) is 0 Å². The Morgan fingerprint density at radius 3 is 2.78 bits per heavy atom. The fourth-order valence-electron chi connectivity index (χ4n) is 2.09. The number of fused-ring (bicyclic) bond motifs is 1. The number of nitrogens with one attached hydrogen (secondary N) is 1. The third-order valence-corrected chi connectivity index (χ3v) is 3.58. The van der Waals surface area contributed by atoms with Gasteiger partial charge < -0.3 is 9.73 Å². The van der Waals surface area contributed by atoms with Gasteiger partial charge in [0.15, 0.2) is 0 Å². The van der Waals surface area contributed by atoms with Crippen molar-refractivity contribution < 1.29 is 4.42 Å². The van der Waals surface area contributed by atoms with Crippen molar-refractivity contribution in [1.29, 1.82) is 0 Å². The highest BCUT2D eigenvalue weighted by molar-refractivity contribution is 6.44. The smallest absolute Gasteiger partial charge is 0.134 e. The van der Waals surface area contributed by atoms with Crippen molar-refractivity contribution in [2.45, 2.75) is 30.1 Å². The minimum absolute atomic E-state index is 0.284. The Bertz CT molecular complexity index is 495. The lowest BCUT2D eigenvalue weighted by Gasteiger charge is -2.16. The molecule has 0 aliphatic carbocycles. The molecule has 0 bridgehead atoms. The summed E-state index contributed by atoms with van der Waals surface area (Å²) < 4.78 is 5.41. The van der Waals surface area contributed by atoms with Gasteiger partial charge in [0.1, 0.15) is 10.4 Å². The predicted molar refractivity (Wildman–Crippen MR) is 77.5 cm³/mol. The Kier molecular flexibility index (Phi) is 4.93. The van der Waals surface area contributed by atoms with E-state index < -0.39 is 0 Å². The molecule has 2 aromatic rings. The van der Waals surface area contributed by atoms with Gasteiger partial charge in [0.25, 0.3) is 0 Å². The number of halogens is 2. The second-order valence-corrected chi connectivity index (χ2v) is 5.73. The Labute approximate surface area is 117 Å². The van der Waals surface area contributed by atoms with Crippen LogP contribution < -0.4 is 5.32 Å². The van der Waals surface area contributed by atoms with E-state index in [0.717, 1.165) is 30.2 Å². The molecule has 1 aromatic heterocycles. The maximum Gasteiger partial charge on any atom is 0.134 e. The molecule has 1 heterocycles. The first-order chi connectivity index (χ1) is 8.69. The van der Waals surface area contributed by atoms with E-state index in [9.17, 15) is 0 Å². The molecule has 1 unspecified atom stereocenters. The number of furan rings is 1. The van der Waals surface area contributed by atoms with Crippen LogP contribution in [-0.4, -0.2) is 17.9 Å². The van der Waals surface area contributed by atoms with Crippen LogP contribution >= 0.6 is 23.2 Å². The third-order valence-electron chi connectivity index (χ3n) is 3.14. The molecular formula is C14H17Cl2NO. The molecule has 1 atom stereocenters. The van der Waals surface area contributed by atoms with Crippen LogP contribution in [0.2, 0.25) is 0 Å². The standard InChI is InChI=1S/C14H17Cl2NO/c1-17-12(4-5-14(15)16)8-10-2-3-11-6-7-18-13(11)9-10/h2-3,6-7,9,12,14,17H,4-5,8H2,1H3. The van der Waals surface area contributed by atoms with Gasteiger partial charge in [0.2, 0.25) is 0 Å². The van der Waals surface area contributed by atoms with Crippen LogP contribution in [0.1, 0.15) is 18.4 Å². The van der Waals surface area contributed by atoms with Crippen LogP contribution in [0, 0.1) is 0 Å². The molecular weight excluding hydrogens is 269 g/mol. The Morgan fingerprint density at radius 2 is 2.06 bits per heavy atom. The molecule has 0 fully saturated rings. The van der Waals surface area contributed by atoms with Crippen molar-refractivity contribution >= 4 is 34.2 Å². The average molecular weight is 286 g/mol. The highest BCUT2D eigenvalue weighted by atomic mass is 35.5. The van der Waals surface area contributed by atoms with E-state index in [4.69, 9.17) is 27.6 Å². The van der Waals surface area contributed by atoms with Gasteiger partial charge in [-0.15, -0.1) is 23.2 Å². The first-order valence-corrected chi connectivity index (χ1v) is 6.98. The zero-order valence-electron chi connectivity index (χ0n) is 10.3. The van der Waals surface area contributed by atoms with E-state index in [1.54, 1.807) is 6.26 Å². The van der Waals surface area contributed by atoms with E-state index in [-0.39, 0.29) is 4.84 Å². The van der Waals surface area contributed by atoms with Gasteiger partial charge in [-0.2, -0.15) is 0 Å². The molecule has 0 amide bonds. The van der Waals surface area contributed by atoms with Gasteiger partial charge in [0.05, 0.1) is 6.26 Å². The predicted octanol–water partition coefficient (Wildman–Crippen LogP) is 4.15. The van der Waals surface area contributed by atoms with Gasteiger partial charge in [-0.25, -0.2) is 0 Å². The van der Waals surface area contributed by atoms with E-state index in [1.807, 2.05) is 13.1 Å². The number of likely N-dealkylation sites (N-methyl/N-ethyl adjacent to an activating group) is 1. The molecule has 0 aliphatic rings. The highest BCUT2D eigenvalue weighted by Crippen LogP contribution is 2.19. The molecule has 0 radical (unpaired) electrons. The highest BCUT2D eigenvalue weighted by Gasteiger charge is 2.10. The lowest BCUT2D eigenvalue weighted by atomic mass is 10.0. The normalized spacial score (nSPS) is 13.3. The summed E-state index contributed by atoms with van der Waals surface area (Å²) in [6.07, 6.45) is 4.44. The quantitative estimate of drug-likeness (QED) is 0.807. The number of hydrogen-bond donors (Lipinski definition) is 1. The summed E-state index contributed by atoms with van der Waals surface area (Å²) in [6.45, 7) is 0. The number of benzene rings is 1. The average Bonchev–Trinajstić information content (AvgIpc) is 2.81. The van der Waals surface area contributed by atoms with Crippen LogP contribution in [0.5, 0.6) is 0 Å². The molecule has 1 aromatic carbocycles. The van der Waals surface area contributed by atoms with E-state index >= 15 is 0 Å². The summed E-state index contributed by atoms with van der Waals surface area (Å²) >= 11 is 11.5. The SMILES string of the molecule is CNC(CCC(Cl)Cl)Cc1ccc2ccoc2c1. The van der Waals surface area contributed by atoms with Crippen LogP contribution in [0.3, 0.4) is 0 Å². The fraction of sp³-hybridized carbons (Fsp3) is 0.429. The second-order valence-electron chi connectivity index (χ2n) is 4.45. The number of alkyl halides is 2. The van der Waals surface area contributed by atoms with Crippen LogP contribution in [0.4, 0.5) is 0 Å². The zero-order valence-corrected chi connectivity index (χ0v) is 11.8. The molecule has 0 saturated heterocycles.